The molecule has 1 unspecified atom stereocenters. The van der Waals surface area contributed by atoms with E-state index in [1.807, 2.05) is 55.5 Å². The van der Waals surface area contributed by atoms with Gasteiger partial charge in [0.1, 0.15) is 11.3 Å². The van der Waals surface area contributed by atoms with Gasteiger partial charge in [-0.2, -0.15) is 0 Å². The van der Waals surface area contributed by atoms with Gasteiger partial charge in [0.05, 0.1) is 11.3 Å². The van der Waals surface area contributed by atoms with Crippen molar-refractivity contribution in [2.45, 2.75) is 24.7 Å². The lowest BCUT2D eigenvalue weighted by molar-refractivity contribution is -0.130. The highest BCUT2D eigenvalue weighted by atomic mass is 35.5. The number of fused-ring (bicyclic) bond motifs is 3. The zero-order chi connectivity index (χ0) is 28.5. The van der Waals surface area contributed by atoms with Crippen molar-refractivity contribution in [2.75, 3.05) is 25.4 Å². The van der Waals surface area contributed by atoms with E-state index in [2.05, 4.69) is 14.8 Å². The second kappa shape index (κ2) is 11.5. The molecule has 41 heavy (non-hydrogen) atoms. The highest BCUT2D eigenvalue weighted by molar-refractivity contribution is 7.99. The van der Waals surface area contributed by atoms with Crippen molar-refractivity contribution in [3.05, 3.63) is 94.8 Å². The molecule has 0 aliphatic carbocycles. The first-order valence-electron chi connectivity index (χ1n) is 13.2. The van der Waals surface area contributed by atoms with Gasteiger partial charge in [0.2, 0.25) is 11.1 Å². The fourth-order valence-electron chi connectivity index (χ4n) is 5.19. The third-order valence-electron chi connectivity index (χ3n) is 7.24. The van der Waals surface area contributed by atoms with Gasteiger partial charge in [0.15, 0.2) is 5.65 Å². The summed E-state index contributed by atoms with van der Waals surface area (Å²) < 4.78 is 15.4. The molecule has 6 rings (SSSR count). The lowest BCUT2D eigenvalue weighted by atomic mass is 10.1. The van der Waals surface area contributed by atoms with Gasteiger partial charge in [0, 0.05) is 48.2 Å². The predicted molar refractivity (Wildman–Crippen MR) is 158 cm³/mol. The number of amides is 2. The summed E-state index contributed by atoms with van der Waals surface area (Å²) in [6, 6.07) is 21.0. The van der Waals surface area contributed by atoms with E-state index in [-0.39, 0.29) is 29.4 Å². The Bertz CT molecular complexity index is 1760. The summed E-state index contributed by atoms with van der Waals surface area (Å²) in [4.78, 5) is 34.3. The highest BCUT2D eigenvalue weighted by Crippen LogP contribution is 2.28. The molecule has 208 valence electrons. The molecule has 2 aromatic heterocycles. The topological polar surface area (TPSA) is 84.2 Å². The molecule has 8 nitrogen and oxygen atoms in total. The first kappa shape index (κ1) is 27.2. The molecule has 0 saturated carbocycles. The number of nitrogens with zero attached hydrogens (tertiary/aromatic N) is 6. The van der Waals surface area contributed by atoms with Crippen molar-refractivity contribution in [3.8, 4) is 0 Å². The van der Waals surface area contributed by atoms with Crippen molar-refractivity contribution in [1.29, 1.82) is 0 Å². The molecular weight excluding hydrogens is 563 g/mol. The normalized spacial score (nSPS) is 15.5. The van der Waals surface area contributed by atoms with Crippen LogP contribution in [0.4, 0.5) is 4.39 Å². The number of aromatic nitrogens is 4. The summed E-state index contributed by atoms with van der Waals surface area (Å²) >= 11 is 7.47. The maximum absolute atomic E-state index is 13.3. The Balaban J connectivity index is 1.15. The molecule has 1 aliphatic heterocycles. The number of halogens is 2. The van der Waals surface area contributed by atoms with Crippen LogP contribution in [0.1, 0.15) is 22.8 Å². The molecule has 0 radical (unpaired) electrons. The summed E-state index contributed by atoms with van der Waals surface area (Å²) in [6.07, 6.45) is 0. The third kappa shape index (κ3) is 5.62. The van der Waals surface area contributed by atoms with Crippen molar-refractivity contribution in [3.63, 3.8) is 0 Å². The predicted octanol–water partition coefficient (Wildman–Crippen LogP) is 5.29. The van der Waals surface area contributed by atoms with E-state index in [1.54, 1.807) is 9.80 Å². The number of carbonyl (C=O) groups excluding carboxylic acids is 2. The molecule has 1 atom stereocenters. The number of para-hydroxylation sites is 1. The Hall–Kier alpha value is -4.02. The minimum absolute atomic E-state index is 0.0566. The van der Waals surface area contributed by atoms with Crippen molar-refractivity contribution >= 4 is 57.2 Å². The first-order chi connectivity index (χ1) is 19.9. The van der Waals surface area contributed by atoms with Gasteiger partial charge in [-0.15, -0.1) is 10.2 Å². The lowest BCUT2D eigenvalue weighted by Crippen LogP contribution is -2.55. The van der Waals surface area contributed by atoms with Crippen LogP contribution < -0.4 is 0 Å². The first-order valence-corrected chi connectivity index (χ1v) is 14.6. The molecule has 0 spiro atoms. The zero-order valence-electron chi connectivity index (χ0n) is 22.2. The summed E-state index contributed by atoms with van der Waals surface area (Å²) in [6.45, 7) is 3.71. The standard InChI is InChI=1S/C30H26ClFN6O2S/c1-19-16-36(13-14-37(19)29(40)21-9-11-23(32)12-10-21)26(39)18-41-30-33-28-27(34-35-30)24-7-2-3-8-25(24)38(28)17-20-5-4-6-22(31)15-20/h2-12,15,19H,13-14,16-18H2,1H3. The number of rotatable bonds is 6. The molecule has 0 bridgehead atoms. The van der Waals surface area contributed by atoms with Gasteiger partial charge >= 0.3 is 0 Å². The van der Waals surface area contributed by atoms with Gasteiger partial charge in [0.25, 0.3) is 5.91 Å². The van der Waals surface area contributed by atoms with Crippen molar-refractivity contribution < 1.29 is 14.0 Å². The van der Waals surface area contributed by atoms with Crippen molar-refractivity contribution in [2.24, 2.45) is 0 Å². The van der Waals surface area contributed by atoms with E-state index in [0.717, 1.165) is 16.5 Å². The van der Waals surface area contributed by atoms with Crippen LogP contribution in [0, 0.1) is 5.82 Å². The van der Waals surface area contributed by atoms with Crippen LogP contribution in [-0.2, 0) is 11.3 Å². The average Bonchev–Trinajstić information content (AvgIpc) is 3.28. The minimum atomic E-state index is -0.386. The van der Waals surface area contributed by atoms with Gasteiger partial charge in [-0.1, -0.05) is 53.7 Å². The molecule has 3 aromatic carbocycles. The van der Waals surface area contributed by atoms with Gasteiger partial charge in [-0.05, 0) is 55.0 Å². The van der Waals surface area contributed by atoms with Gasteiger partial charge < -0.3 is 14.4 Å². The maximum Gasteiger partial charge on any atom is 0.254 e. The number of hydrogen-bond acceptors (Lipinski definition) is 6. The van der Waals surface area contributed by atoms with E-state index in [9.17, 15) is 14.0 Å². The zero-order valence-corrected chi connectivity index (χ0v) is 23.8. The molecule has 1 saturated heterocycles. The van der Waals surface area contributed by atoms with Crippen LogP contribution in [0.15, 0.2) is 78.0 Å². The molecule has 1 aliphatic rings. The second-order valence-electron chi connectivity index (χ2n) is 9.98. The van der Waals surface area contributed by atoms with Gasteiger partial charge in [-0.25, -0.2) is 9.37 Å². The minimum Gasteiger partial charge on any atom is -0.338 e. The lowest BCUT2D eigenvalue weighted by Gasteiger charge is -2.40. The van der Waals surface area contributed by atoms with Gasteiger partial charge in [-0.3, -0.25) is 9.59 Å². The molecular formula is C30H26ClFN6O2S. The third-order valence-corrected chi connectivity index (χ3v) is 8.30. The summed E-state index contributed by atoms with van der Waals surface area (Å²) in [5.74, 6) is -0.456. The number of piperazine rings is 1. The second-order valence-corrected chi connectivity index (χ2v) is 11.4. The quantitative estimate of drug-likeness (QED) is 0.251. The Morgan fingerprint density at radius 3 is 2.61 bits per heavy atom. The molecule has 11 heteroatoms. The van der Waals surface area contributed by atoms with Crippen LogP contribution in [-0.4, -0.2) is 72.8 Å². The molecule has 2 amide bonds. The maximum atomic E-state index is 13.3. The summed E-state index contributed by atoms with van der Waals surface area (Å²) in [5.41, 5.74) is 3.85. The molecule has 1 fully saturated rings. The Labute approximate surface area is 245 Å². The fraction of sp³-hybridized carbons (Fsp3) is 0.233. The number of benzene rings is 3. The van der Waals surface area contributed by atoms with Crippen LogP contribution in [0.3, 0.4) is 0 Å². The van der Waals surface area contributed by atoms with Crippen molar-refractivity contribution in [1.82, 2.24) is 29.5 Å². The Morgan fingerprint density at radius 2 is 1.83 bits per heavy atom. The van der Waals surface area contributed by atoms with Crippen LogP contribution in [0.25, 0.3) is 22.1 Å². The van der Waals surface area contributed by atoms with E-state index in [0.29, 0.717) is 53.1 Å². The average molecular weight is 589 g/mol. The van der Waals surface area contributed by atoms with E-state index in [1.165, 1.54) is 36.0 Å². The molecule has 3 heterocycles. The number of thioether (sulfide) groups is 1. The monoisotopic (exact) mass is 588 g/mol. The SMILES string of the molecule is CC1CN(C(=O)CSc2nnc3c4ccccc4n(Cc4cccc(Cl)c4)c3n2)CCN1C(=O)c1ccc(F)cc1. The smallest absolute Gasteiger partial charge is 0.254 e. The summed E-state index contributed by atoms with van der Waals surface area (Å²) in [7, 11) is 0. The fourth-order valence-corrected chi connectivity index (χ4v) is 6.09. The van der Waals surface area contributed by atoms with Crippen LogP contribution in [0.5, 0.6) is 0 Å². The number of hydrogen-bond donors (Lipinski definition) is 0. The van der Waals surface area contributed by atoms with E-state index >= 15 is 0 Å². The highest BCUT2D eigenvalue weighted by Gasteiger charge is 2.30. The molecule has 5 aromatic rings. The largest absolute Gasteiger partial charge is 0.338 e. The Morgan fingerprint density at radius 1 is 1.02 bits per heavy atom. The van der Waals surface area contributed by atoms with Crippen LogP contribution >= 0.6 is 23.4 Å². The Kier molecular flexibility index (Phi) is 7.59. The van der Waals surface area contributed by atoms with E-state index < -0.39 is 0 Å². The summed E-state index contributed by atoms with van der Waals surface area (Å²) in [5, 5.41) is 10.8. The number of carbonyl (C=O) groups is 2. The molecule has 0 N–H and O–H groups in total. The van der Waals surface area contributed by atoms with E-state index in [4.69, 9.17) is 16.6 Å². The van der Waals surface area contributed by atoms with Crippen LogP contribution in [0.2, 0.25) is 5.02 Å².